The van der Waals surface area contributed by atoms with E-state index in [1.54, 1.807) is 0 Å². The fraction of sp³-hybridized carbons (Fsp3) is 0.842. The Bertz CT molecular complexity index is 783. The summed E-state index contributed by atoms with van der Waals surface area (Å²) in [7, 11) is -3.50. The van der Waals surface area contributed by atoms with Crippen molar-refractivity contribution < 1.29 is 12.6 Å². The van der Waals surface area contributed by atoms with E-state index in [-0.39, 0.29) is 12.0 Å². The summed E-state index contributed by atoms with van der Waals surface area (Å²) in [5.41, 5.74) is 0. The van der Waals surface area contributed by atoms with Crippen LogP contribution in [-0.4, -0.2) is 20.8 Å². The Morgan fingerprint density at radius 1 is 0.917 bits per heavy atom. The molecular formula is C19H23NO3S. The third-order valence-corrected chi connectivity index (χ3v) is 9.33. The van der Waals surface area contributed by atoms with Crippen LogP contribution < -0.4 is 0 Å². The van der Waals surface area contributed by atoms with Gasteiger partial charge in [-0.25, -0.2) is 0 Å². The summed E-state index contributed by atoms with van der Waals surface area (Å²) in [5, 5.41) is 9.70. The van der Waals surface area contributed by atoms with Gasteiger partial charge in [-0.2, -0.15) is 13.7 Å². The molecule has 0 aromatic carbocycles. The van der Waals surface area contributed by atoms with Gasteiger partial charge in [-0.15, -0.1) is 0 Å². The summed E-state index contributed by atoms with van der Waals surface area (Å²) < 4.78 is 28.9. The molecule has 6 aliphatic carbocycles. The van der Waals surface area contributed by atoms with Crippen LogP contribution >= 0.6 is 0 Å². The Morgan fingerprint density at radius 3 is 2.08 bits per heavy atom. The minimum absolute atomic E-state index is 0.224. The van der Waals surface area contributed by atoms with Gasteiger partial charge < -0.3 is 0 Å². The summed E-state index contributed by atoms with van der Waals surface area (Å²) >= 11 is 0. The summed E-state index contributed by atoms with van der Waals surface area (Å²) in [6.45, 7) is 0. The van der Waals surface area contributed by atoms with Crippen LogP contribution in [-0.2, 0) is 14.3 Å². The predicted octanol–water partition coefficient (Wildman–Crippen LogP) is 2.44. The molecule has 24 heavy (non-hydrogen) atoms. The van der Waals surface area contributed by atoms with Crippen molar-refractivity contribution in [3.05, 3.63) is 12.2 Å². The van der Waals surface area contributed by atoms with E-state index >= 15 is 0 Å². The molecule has 5 heteroatoms. The van der Waals surface area contributed by atoms with Crippen LogP contribution in [0.3, 0.4) is 0 Å². The smallest absolute Gasteiger partial charge is 0.264 e. The highest BCUT2D eigenvalue weighted by Crippen LogP contribution is 2.76. The Morgan fingerprint density at radius 2 is 1.50 bits per heavy atom. The summed E-state index contributed by atoms with van der Waals surface area (Å²) in [6.07, 6.45) is 9.36. The third kappa shape index (κ3) is 1.52. The van der Waals surface area contributed by atoms with Crippen molar-refractivity contribution in [1.82, 2.24) is 0 Å². The van der Waals surface area contributed by atoms with Crippen molar-refractivity contribution >= 4 is 10.1 Å². The van der Waals surface area contributed by atoms with Gasteiger partial charge >= 0.3 is 0 Å². The van der Waals surface area contributed by atoms with Gasteiger partial charge in [-0.05, 0) is 78.4 Å². The zero-order valence-corrected chi connectivity index (χ0v) is 14.6. The monoisotopic (exact) mass is 345 g/mol. The fourth-order valence-corrected chi connectivity index (χ4v) is 9.38. The highest BCUT2D eigenvalue weighted by molar-refractivity contribution is 7.86. The number of hydrogen-bond donors (Lipinski definition) is 0. The SMILES string of the molecule is CS(=O)(=O)OC1C(C#N)C2CC1C1C3CC(C4C5C=CC(C5)C34)C21. The molecule has 12 unspecified atom stereocenters. The first kappa shape index (κ1) is 14.3. The van der Waals surface area contributed by atoms with Crippen LogP contribution in [0.25, 0.3) is 0 Å². The molecule has 0 spiro atoms. The molecular weight excluding hydrogens is 322 g/mol. The Kier molecular flexibility index (Phi) is 2.55. The second-order valence-electron chi connectivity index (χ2n) is 9.30. The topological polar surface area (TPSA) is 67.2 Å². The molecule has 6 aliphatic rings. The molecule has 128 valence electrons. The number of fused-ring (bicyclic) bond motifs is 16. The molecule has 0 amide bonds. The molecule has 6 bridgehead atoms. The molecule has 0 aliphatic heterocycles. The summed E-state index contributed by atoms with van der Waals surface area (Å²) in [4.78, 5) is 0. The van der Waals surface area contributed by atoms with Crippen molar-refractivity contribution in [2.75, 3.05) is 6.26 Å². The lowest BCUT2D eigenvalue weighted by Gasteiger charge is -2.46. The van der Waals surface area contributed by atoms with E-state index in [9.17, 15) is 13.7 Å². The number of rotatable bonds is 2. The molecule has 0 radical (unpaired) electrons. The lowest BCUT2D eigenvalue weighted by molar-refractivity contribution is -0.0163. The number of nitrogens with zero attached hydrogens (tertiary/aromatic N) is 1. The molecule has 0 aromatic rings. The van der Waals surface area contributed by atoms with Gasteiger partial charge in [0.1, 0.15) is 0 Å². The lowest BCUT2D eigenvalue weighted by atomic mass is 9.59. The zero-order chi connectivity index (χ0) is 16.4. The van der Waals surface area contributed by atoms with Crippen molar-refractivity contribution in [3.8, 4) is 6.07 Å². The second-order valence-corrected chi connectivity index (χ2v) is 10.9. The average Bonchev–Trinajstić information content (AvgIpc) is 3.29. The fourth-order valence-electron chi connectivity index (χ4n) is 8.72. The van der Waals surface area contributed by atoms with E-state index < -0.39 is 10.1 Å². The number of nitriles is 1. The van der Waals surface area contributed by atoms with Gasteiger partial charge in [0.25, 0.3) is 10.1 Å². The molecule has 12 atom stereocenters. The lowest BCUT2D eigenvalue weighted by Crippen LogP contribution is -2.47. The summed E-state index contributed by atoms with van der Waals surface area (Å²) in [5.74, 6) is 6.52. The Balaban J connectivity index is 1.38. The van der Waals surface area contributed by atoms with Crippen molar-refractivity contribution in [2.24, 2.45) is 65.1 Å². The first-order valence-electron chi connectivity index (χ1n) is 9.44. The highest BCUT2D eigenvalue weighted by atomic mass is 32.2. The molecule has 0 N–H and O–H groups in total. The third-order valence-electron chi connectivity index (χ3n) is 8.75. The van der Waals surface area contributed by atoms with Crippen LogP contribution in [0.4, 0.5) is 0 Å². The first-order chi connectivity index (χ1) is 11.5. The van der Waals surface area contributed by atoms with E-state index in [1.807, 2.05) is 0 Å². The van der Waals surface area contributed by atoms with Crippen LogP contribution in [0.15, 0.2) is 12.2 Å². The Labute approximate surface area is 143 Å². The minimum Gasteiger partial charge on any atom is -0.265 e. The van der Waals surface area contributed by atoms with Gasteiger partial charge in [-0.3, -0.25) is 4.18 Å². The maximum atomic E-state index is 11.7. The zero-order valence-electron chi connectivity index (χ0n) is 13.8. The maximum Gasteiger partial charge on any atom is 0.264 e. The van der Waals surface area contributed by atoms with Crippen LogP contribution in [0.5, 0.6) is 0 Å². The average molecular weight is 345 g/mol. The first-order valence-corrected chi connectivity index (χ1v) is 11.3. The Hall–Kier alpha value is -0.860. The van der Waals surface area contributed by atoms with E-state index in [2.05, 4.69) is 18.2 Å². The standard InChI is InChI=1S/C19H23NO3S/c1-24(21,22)23-19-13-5-10(14(19)7-20)17-11-6-12(18(13)17)16-9-3-2-8(4-9)15(11)16/h2-3,8-19H,4-6H2,1H3. The quantitative estimate of drug-likeness (QED) is 0.438. The number of hydrogen-bond acceptors (Lipinski definition) is 4. The molecule has 0 heterocycles. The van der Waals surface area contributed by atoms with E-state index in [0.717, 1.165) is 48.2 Å². The predicted molar refractivity (Wildman–Crippen MR) is 86.7 cm³/mol. The van der Waals surface area contributed by atoms with Gasteiger partial charge in [0.05, 0.1) is 24.3 Å². The largest absolute Gasteiger partial charge is 0.265 e. The van der Waals surface area contributed by atoms with Gasteiger partial charge in [-0.1, -0.05) is 12.2 Å². The molecule has 0 aromatic heterocycles. The molecule has 5 fully saturated rings. The normalized spacial score (nSPS) is 61.3. The second kappa shape index (κ2) is 4.27. The van der Waals surface area contributed by atoms with Crippen molar-refractivity contribution in [2.45, 2.75) is 25.4 Å². The van der Waals surface area contributed by atoms with Crippen LogP contribution in [0.1, 0.15) is 19.3 Å². The molecule has 6 rings (SSSR count). The van der Waals surface area contributed by atoms with E-state index in [4.69, 9.17) is 4.18 Å². The summed E-state index contributed by atoms with van der Waals surface area (Å²) in [6, 6.07) is 2.43. The van der Waals surface area contributed by atoms with Crippen molar-refractivity contribution in [1.29, 1.82) is 5.26 Å². The maximum absolute atomic E-state index is 11.7. The van der Waals surface area contributed by atoms with Crippen molar-refractivity contribution in [3.63, 3.8) is 0 Å². The molecule has 4 nitrogen and oxygen atoms in total. The highest BCUT2D eigenvalue weighted by Gasteiger charge is 2.73. The van der Waals surface area contributed by atoms with Gasteiger partial charge in [0.2, 0.25) is 0 Å². The van der Waals surface area contributed by atoms with E-state index in [0.29, 0.717) is 23.7 Å². The van der Waals surface area contributed by atoms with Gasteiger partial charge in [0, 0.05) is 0 Å². The van der Waals surface area contributed by atoms with Crippen LogP contribution in [0, 0.1) is 76.4 Å². The van der Waals surface area contributed by atoms with E-state index in [1.165, 1.54) is 12.8 Å². The molecule has 0 saturated heterocycles. The van der Waals surface area contributed by atoms with Crippen LogP contribution in [0.2, 0.25) is 0 Å². The number of allylic oxidation sites excluding steroid dienone is 2. The minimum atomic E-state index is -3.50. The van der Waals surface area contributed by atoms with Gasteiger partial charge in [0.15, 0.2) is 0 Å². The molecule has 5 saturated carbocycles.